The molecule has 0 aliphatic carbocycles. The van der Waals surface area contributed by atoms with Gasteiger partial charge in [0.1, 0.15) is 0 Å². The summed E-state index contributed by atoms with van der Waals surface area (Å²) in [5.41, 5.74) is 5.13. The summed E-state index contributed by atoms with van der Waals surface area (Å²) in [6.07, 6.45) is 0.998. The quantitative estimate of drug-likeness (QED) is 0.915. The van der Waals surface area contributed by atoms with Crippen LogP contribution in [-0.2, 0) is 11.2 Å². The number of rotatable bonds is 4. The van der Waals surface area contributed by atoms with Crippen LogP contribution in [0.15, 0.2) is 36.4 Å². The van der Waals surface area contributed by atoms with E-state index in [4.69, 9.17) is 14.2 Å². The monoisotopic (exact) mass is 354 g/mol. The minimum absolute atomic E-state index is 0.178. The van der Waals surface area contributed by atoms with Crippen molar-refractivity contribution in [3.8, 4) is 11.5 Å². The van der Waals surface area contributed by atoms with Gasteiger partial charge in [-0.15, -0.1) is 0 Å². The Morgan fingerprint density at radius 3 is 2.38 bits per heavy atom. The van der Waals surface area contributed by atoms with Crippen LogP contribution in [-0.4, -0.2) is 47.1 Å². The van der Waals surface area contributed by atoms with Gasteiger partial charge in [0.2, 0.25) is 0 Å². The molecular weight excluding hydrogens is 328 g/mol. The summed E-state index contributed by atoms with van der Waals surface area (Å²) in [6.45, 7) is 4.49. The molecule has 0 bridgehead atoms. The smallest absolute Gasteiger partial charge is 0.161 e. The molecule has 0 aromatic heterocycles. The number of morpholine rings is 1. The maximum absolute atomic E-state index is 5.51. The van der Waals surface area contributed by atoms with Gasteiger partial charge in [0.25, 0.3) is 0 Å². The van der Waals surface area contributed by atoms with Crippen LogP contribution < -0.4 is 19.7 Å². The molecule has 1 saturated heterocycles. The maximum Gasteiger partial charge on any atom is 0.161 e. The number of methoxy groups -OCH3 is 2. The molecule has 2 aliphatic rings. The fraction of sp³-hybridized carbons (Fsp3) is 0.429. The summed E-state index contributed by atoms with van der Waals surface area (Å²) >= 11 is 0. The standard InChI is InChI=1S/C21H26N2O3/c1-24-19-13-16-7-8-22-21(18(16)14-20(19)25-2)15-3-5-17(6-4-15)23-9-11-26-12-10-23/h3-6,13-14,21-22H,7-12H2,1-2H3/t21-/m0/s1. The van der Waals surface area contributed by atoms with Crippen molar-refractivity contribution in [2.45, 2.75) is 12.5 Å². The molecule has 1 N–H and O–H groups in total. The molecule has 2 aliphatic heterocycles. The van der Waals surface area contributed by atoms with Gasteiger partial charge < -0.3 is 24.4 Å². The zero-order chi connectivity index (χ0) is 17.9. The lowest BCUT2D eigenvalue weighted by Gasteiger charge is -2.31. The van der Waals surface area contributed by atoms with Crippen molar-refractivity contribution in [2.24, 2.45) is 0 Å². The van der Waals surface area contributed by atoms with Crippen LogP contribution in [0.5, 0.6) is 11.5 Å². The average molecular weight is 354 g/mol. The van der Waals surface area contributed by atoms with Crippen LogP contribution in [0.25, 0.3) is 0 Å². The highest BCUT2D eigenvalue weighted by molar-refractivity contribution is 5.53. The molecule has 0 saturated carbocycles. The van der Waals surface area contributed by atoms with Gasteiger partial charge in [-0.05, 0) is 47.4 Å². The zero-order valence-corrected chi connectivity index (χ0v) is 15.5. The lowest BCUT2D eigenvalue weighted by atomic mass is 9.89. The highest BCUT2D eigenvalue weighted by Gasteiger charge is 2.24. The second kappa shape index (κ2) is 7.56. The number of anilines is 1. The first-order chi connectivity index (χ1) is 12.8. The van der Waals surface area contributed by atoms with Crippen molar-refractivity contribution in [2.75, 3.05) is 52.0 Å². The van der Waals surface area contributed by atoms with Gasteiger partial charge in [-0.1, -0.05) is 12.1 Å². The van der Waals surface area contributed by atoms with Crippen LogP contribution >= 0.6 is 0 Å². The third kappa shape index (κ3) is 3.24. The van der Waals surface area contributed by atoms with Gasteiger partial charge in [0.05, 0.1) is 33.5 Å². The Labute approximate surface area is 154 Å². The van der Waals surface area contributed by atoms with Crippen molar-refractivity contribution < 1.29 is 14.2 Å². The number of hydrogen-bond donors (Lipinski definition) is 1. The van der Waals surface area contributed by atoms with E-state index < -0.39 is 0 Å². The molecule has 1 fully saturated rings. The largest absolute Gasteiger partial charge is 0.493 e. The fourth-order valence-corrected chi connectivity index (χ4v) is 3.88. The Morgan fingerprint density at radius 1 is 1.00 bits per heavy atom. The summed E-state index contributed by atoms with van der Waals surface area (Å²) in [4.78, 5) is 2.38. The minimum Gasteiger partial charge on any atom is -0.493 e. The molecule has 5 heteroatoms. The lowest BCUT2D eigenvalue weighted by molar-refractivity contribution is 0.122. The highest BCUT2D eigenvalue weighted by Crippen LogP contribution is 2.37. The predicted octanol–water partition coefficient (Wildman–Crippen LogP) is 2.78. The number of benzene rings is 2. The minimum atomic E-state index is 0.178. The van der Waals surface area contributed by atoms with Crippen LogP contribution in [0.4, 0.5) is 5.69 Å². The summed E-state index contributed by atoms with van der Waals surface area (Å²) in [6, 6.07) is 13.3. The fourth-order valence-electron chi connectivity index (χ4n) is 3.88. The first kappa shape index (κ1) is 17.2. The van der Waals surface area contributed by atoms with Crippen LogP contribution in [0, 0.1) is 0 Å². The van der Waals surface area contributed by atoms with E-state index in [9.17, 15) is 0 Å². The van der Waals surface area contributed by atoms with E-state index in [1.165, 1.54) is 22.4 Å². The van der Waals surface area contributed by atoms with Gasteiger partial charge in [-0.2, -0.15) is 0 Å². The molecule has 2 aromatic rings. The van der Waals surface area contributed by atoms with Gasteiger partial charge in [-0.3, -0.25) is 0 Å². The Kier molecular flexibility index (Phi) is 5.00. The molecule has 4 rings (SSSR count). The molecule has 2 heterocycles. The molecule has 0 amide bonds. The van der Waals surface area contributed by atoms with E-state index in [2.05, 4.69) is 46.6 Å². The Morgan fingerprint density at radius 2 is 1.69 bits per heavy atom. The van der Waals surface area contributed by atoms with E-state index in [0.717, 1.165) is 50.8 Å². The Balaban J connectivity index is 1.63. The van der Waals surface area contributed by atoms with E-state index >= 15 is 0 Å². The second-order valence-electron chi connectivity index (χ2n) is 6.73. The van der Waals surface area contributed by atoms with Crippen molar-refractivity contribution in [1.29, 1.82) is 0 Å². The zero-order valence-electron chi connectivity index (χ0n) is 15.5. The topological polar surface area (TPSA) is 43.0 Å². The predicted molar refractivity (Wildman–Crippen MR) is 103 cm³/mol. The van der Waals surface area contributed by atoms with Gasteiger partial charge in [0.15, 0.2) is 11.5 Å². The summed E-state index contributed by atoms with van der Waals surface area (Å²) in [5.74, 6) is 1.58. The molecule has 138 valence electrons. The highest BCUT2D eigenvalue weighted by atomic mass is 16.5. The molecule has 26 heavy (non-hydrogen) atoms. The maximum atomic E-state index is 5.51. The number of ether oxygens (including phenoxy) is 3. The van der Waals surface area contributed by atoms with E-state index in [1.807, 2.05) is 0 Å². The summed E-state index contributed by atoms with van der Waals surface area (Å²) in [5, 5.41) is 3.65. The van der Waals surface area contributed by atoms with E-state index in [-0.39, 0.29) is 6.04 Å². The van der Waals surface area contributed by atoms with Gasteiger partial charge in [0, 0.05) is 25.3 Å². The summed E-state index contributed by atoms with van der Waals surface area (Å²) in [7, 11) is 3.37. The molecule has 0 radical (unpaired) electrons. The molecule has 0 unspecified atom stereocenters. The molecule has 0 spiro atoms. The van der Waals surface area contributed by atoms with Gasteiger partial charge in [-0.25, -0.2) is 0 Å². The SMILES string of the molecule is COc1cc2c(cc1OC)[C@H](c1ccc(N3CCOCC3)cc1)NCC2. The molecule has 5 nitrogen and oxygen atoms in total. The Hall–Kier alpha value is -2.24. The normalized spacial score (nSPS) is 19.8. The number of hydrogen-bond acceptors (Lipinski definition) is 5. The lowest BCUT2D eigenvalue weighted by Crippen LogP contribution is -2.36. The number of nitrogens with zero attached hydrogens (tertiary/aromatic N) is 1. The van der Waals surface area contributed by atoms with E-state index in [0.29, 0.717) is 0 Å². The van der Waals surface area contributed by atoms with Crippen molar-refractivity contribution in [3.05, 3.63) is 53.1 Å². The number of nitrogens with one attached hydrogen (secondary N) is 1. The third-order valence-electron chi connectivity index (χ3n) is 5.30. The van der Waals surface area contributed by atoms with Crippen molar-refractivity contribution in [1.82, 2.24) is 5.32 Å². The van der Waals surface area contributed by atoms with E-state index in [1.54, 1.807) is 14.2 Å². The van der Waals surface area contributed by atoms with Crippen LogP contribution in [0.1, 0.15) is 22.7 Å². The molecule has 1 atom stereocenters. The van der Waals surface area contributed by atoms with Crippen molar-refractivity contribution in [3.63, 3.8) is 0 Å². The Bertz CT molecular complexity index is 755. The summed E-state index contributed by atoms with van der Waals surface area (Å²) < 4.78 is 16.4. The van der Waals surface area contributed by atoms with Crippen LogP contribution in [0.3, 0.4) is 0 Å². The van der Waals surface area contributed by atoms with Crippen molar-refractivity contribution >= 4 is 5.69 Å². The number of fused-ring (bicyclic) bond motifs is 1. The molecular formula is C21H26N2O3. The third-order valence-corrected chi connectivity index (χ3v) is 5.30. The van der Waals surface area contributed by atoms with Gasteiger partial charge >= 0.3 is 0 Å². The molecule has 2 aromatic carbocycles. The first-order valence-electron chi connectivity index (χ1n) is 9.21. The average Bonchev–Trinajstić information content (AvgIpc) is 2.73. The second-order valence-corrected chi connectivity index (χ2v) is 6.73. The first-order valence-corrected chi connectivity index (χ1v) is 9.21. The van der Waals surface area contributed by atoms with Crippen LogP contribution in [0.2, 0.25) is 0 Å².